The summed E-state index contributed by atoms with van der Waals surface area (Å²) in [7, 11) is 1.79. The maximum absolute atomic E-state index is 12.2. The average Bonchev–Trinajstić information content (AvgIpc) is 2.84. The van der Waals surface area contributed by atoms with Gasteiger partial charge in [0.15, 0.2) is 5.78 Å². The molecular formula is C14H14N4O2. The number of ketones is 1. The van der Waals surface area contributed by atoms with E-state index in [2.05, 4.69) is 11.2 Å². The van der Waals surface area contributed by atoms with Gasteiger partial charge < -0.3 is 10.5 Å². The third-order valence-corrected chi connectivity index (χ3v) is 3.66. The fourth-order valence-electron chi connectivity index (χ4n) is 2.78. The fraction of sp³-hybridized carbons (Fsp3) is 0.357. The second-order valence-electron chi connectivity index (χ2n) is 4.99. The largest absolute Gasteiger partial charge is 0.444 e. The van der Waals surface area contributed by atoms with Crippen LogP contribution in [0, 0.1) is 11.3 Å². The van der Waals surface area contributed by atoms with E-state index in [0.29, 0.717) is 24.2 Å². The Kier molecular flexibility index (Phi) is 2.83. The van der Waals surface area contributed by atoms with Gasteiger partial charge in [-0.1, -0.05) is 0 Å². The molecule has 1 atom stereocenters. The van der Waals surface area contributed by atoms with Gasteiger partial charge in [0.05, 0.1) is 12.1 Å². The molecule has 0 saturated heterocycles. The summed E-state index contributed by atoms with van der Waals surface area (Å²) in [4.78, 5) is 12.2. The highest BCUT2D eigenvalue weighted by molar-refractivity contribution is 5.99. The molecule has 1 aromatic rings. The Morgan fingerprint density at radius 2 is 2.35 bits per heavy atom. The van der Waals surface area contributed by atoms with Gasteiger partial charge >= 0.3 is 0 Å². The highest BCUT2D eigenvalue weighted by atomic mass is 16.5. The van der Waals surface area contributed by atoms with E-state index in [4.69, 9.17) is 10.5 Å². The summed E-state index contributed by atoms with van der Waals surface area (Å²) < 4.78 is 7.13. The number of hydrogen-bond acceptors (Lipinski definition) is 5. The second-order valence-corrected chi connectivity index (χ2v) is 4.99. The first kappa shape index (κ1) is 12.5. The molecule has 20 heavy (non-hydrogen) atoms. The van der Waals surface area contributed by atoms with E-state index in [9.17, 15) is 10.1 Å². The molecule has 3 rings (SSSR count). The molecule has 0 saturated carbocycles. The third kappa shape index (κ3) is 1.79. The van der Waals surface area contributed by atoms with Crippen LogP contribution >= 0.6 is 0 Å². The van der Waals surface area contributed by atoms with E-state index in [1.54, 1.807) is 24.1 Å². The topological polar surface area (TPSA) is 93.9 Å². The molecule has 0 unspecified atom stereocenters. The van der Waals surface area contributed by atoms with Crippen LogP contribution in [0.15, 0.2) is 35.2 Å². The second kappa shape index (κ2) is 4.53. The van der Waals surface area contributed by atoms with Crippen LogP contribution in [0.3, 0.4) is 0 Å². The Balaban J connectivity index is 2.18. The standard InChI is InChI=1S/C14H14N4O2/c1-18-7-8(6-17-18)12-9(5-15)14(16)20-11-4-2-3-10(19)13(11)12/h6-7,12H,2-4,16H2,1H3/t12-/m0/s1. The number of allylic oxidation sites excluding steroid dienone is 3. The van der Waals surface area contributed by atoms with Crippen molar-refractivity contribution in [3.05, 3.63) is 40.7 Å². The number of nitrogens with two attached hydrogens (primary N) is 1. The summed E-state index contributed by atoms with van der Waals surface area (Å²) in [6.45, 7) is 0. The number of rotatable bonds is 1. The predicted molar refractivity (Wildman–Crippen MR) is 69.7 cm³/mol. The number of aryl methyl sites for hydroxylation is 1. The summed E-state index contributed by atoms with van der Waals surface area (Å²) in [6, 6.07) is 2.07. The highest BCUT2D eigenvalue weighted by Crippen LogP contribution is 2.42. The summed E-state index contributed by atoms with van der Waals surface area (Å²) >= 11 is 0. The van der Waals surface area contributed by atoms with E-state index in [0.717, 1.165) is 12.0 Å². The van der Waals surface area contributed by atoms with Crippen LogP contribution in [0.4, 0.5) is 0 Å². The van der Waals surface area contributed by atoms with Crippen molar-refractivity contribution in [3.63, 3.8) is 0 Å². The van der Waals surface area contributed by atoms with Gasteiger partial charge in [-0.15, -0.1) is 0 Å². The Morgan fingerprint density at radius 1 is 1.55 bits per heavy atom. The molecule has 0 spiro atoms. The van der Waals surface area contributed by atoms with Crippen LogP contribution in [0.5, 0.6) is 0 Å². The van der Waals surface area contributed by atoms with E-state index in [1.165, 1.54) is 0 Å². The first-order valence-corrected chi connectivity index (χ1v) is 6.44. The van der Waals surface area contributed by atoms with Gasteiger partial charge in [-0.05, 0) is 6.42 Å². The molecule has 1 aliphatic carbocycles. The molecule has 1 aromatic heterocycles. The van der Waals surface area contributed by atoms with Crippen molar-refractivity contribution >= 4 is 5.78 Å². The summed E-state index contributed by atoms with van der Waals surface area (Å²) in [5.74, 6) is 0.270. The minimum atomic E-state index is -0.453. The smallest absolute Gasteiger partial charge is 0.205 e. The van der Waals surface area contributed by atoms with Gasteiger partial charge in [0, 0.05) is 37.2 Å². The Hall–Kier alpha value is -2.55. The van der Waals surface area contributed by atoms with E-state index in [-0.39, 0.29) is 17.2 Å². The predicted octanol–water partition coefficient (Wildman–Crippen LogP) is 1.23. The van der Waals surface area contributed by atoms with Crippen molar-refractivity contribution < 1.29 is 9.53 Å². The maximum atomic E-state index is 12.2. The molecule has 0 aromatic carbocycles. The number of carbonyl (C=O) groups excluding carboxylic acids is 1. The molecule has 0 radical (unpaired) electrons. The van der Waals surface area contributed by atoms with Crippen molar-refractivity contribution in [1.82, 2.24) is 9.78 Å². The quantitative estimate of drug-likeness (QED) is 0.828. The zero-order valence-corrected chi connectivity index (χ0v) is 11.1. The molecule has 6 nitrogen and oxygen atoms in total. The Morgan fingerprint density at radius 3 is 3.00 bits per heavy atom. The van der Waals surface area contributed by atoms with Crippen LogP contribution in [0.25, 0.3) is 0 Å². The Labute approximate surface area is 116 Å². The van der Waals surface area contributed by atoms with Crippen LogP contribution < -0.4 is 5.73 Å². The van der Waals surface area contributed by atoms with Crippen molar-refractivity contribution in [3.8, 4) is 6.07 Å². The lowest BCUT2D eigenvalue weighted by Crippen LogP contribution is -2.27. The lowest BCUT2D eigenvalue weighted by molar-refractivity contribution is -0.116. The third-order valence-electron chi connectivity index (χ3n) is 3.66. The van der Waals surface area contributed by atoms with Crippen molar-refractivity contribution in [1.29, 1.82) is 5.26 Å². The van der Waals surface area contributed by atoms with Crippen LogP contribution in [-0.2, 0) is 16.6 Å². The van der Waals surface area contributed by atoms with Gasteiger partial charge in [-0.2, -0.15) is 10.4 Å². The summed E-state index contributed by atoms with van der Waals surface area (Å²) in [5.41, 5.74) is 7.48. The number of ether oxygens (including phenoxy) is 1. The molecule has 6 heteroatoms. The zero-order chi connectivity index (χ0) is 14.3. The minimum absolute atomic E-state index is 0.0281. The molecule has 0 fully saturated rings. The monoisotopic (exact) mass is 270 g/mol. The SMILES string of the molecule is Cn1cc([C@H]2C(C#N)=C(N)OC3=C2C(=O)CCC3)cn1. The van der Waals surface area contributed by atoms with Gasteiger partial charge in [-0.25, -0.2) is 0 Å². The van der Waals surface area contributed by atoms with Crippen molar-refractivity contribution in [2.45, 2.75) is 25.2 Å². The van der Waals surface area contributed by atoms with Crippen molar-refractivity contribution in [2.24, 2.45) is 12.8 Å². The first-order valence-electron chi connectivity index (χ1n) is 6.44. The number of nitriles is 1. The molecule has 1 aliphatic heterocycles. The molecule has 2 aliphatic rings. The summed E-state index contributed by atoms with van der Waals surface area (Å²) in [5, 5.41) is 13.5. The number of aromatic nitrogens is 2. The van der Waals surface area contributed by atoms with Crippen LogP contribution in [-0.4, -0.2) is 15.6 Å². The van der Waals surface area contributed by atoms with E-state index in [1.807, 2.05) is 0 Å². The number of nitrogens with zero attached hydrogens (tertiary/aromatic N) is 3. The van der Waals surface area contributed by atoms with E-state index < -0.39 is 5.92 Å². The Bertz CT molecular complexity index is 690. The van der Waals surface area contributed by atoms with Crippen LogP contribution in [0.2, 0.25) is 0 Å². The molecule has 102 valence electrons. The molecule has 0 amide bonds. The number of Topliss-reactive ketones (excluding diaryl/α,β-unsaturated/α-hetero) is 1. The number of hydrogen-bond donors (Lipinski definition) is 1. The fourth-order valence-corrected chi connectivity index (χ4v) is 2.78. The zero-order valence-electron chi connectivity index (χ0n) is 11.1. The van der Waals surface area contributed by atoms with Gasteiger partial charge in [0.25, 0.3) is 0 Å². The highest BCUT2D eigenvalue weighted by Gasteiger charge is 2.38. The molecule has 2 heterocycles. The van der Waals surface area contributed by atoms with Gasteiger partial charge in [0.1, 0.15) is 17.4 Å². The van der Waals surface area contributed by atoms with Gasteiger partial charge in [-0.3, -0.25) is 9.48 Å². The maximum Gasteiger partial charge on any atom is 0.205 e. The normalized spacial score (nSPS) is 22.4. The van der Waals surface area contributed by atoms with E-state index >= 15 is 0 Å². The molecular weight excluding hydrogens is 256 g/mol. The lowest BCUT2D eigenvalue weighted by Gasteiger charge is -2.30. The first-order chi connectivity index (χ1) is 9.61. The minimum Gasteiger partial charge on any atom is -0.444 e. The van der Waals surface area contributed by atoms with Crippen LogP contribution in [0.1, 0.15) is 30.7 Å². The summed E-state index contributed by atoms with van der Waals surface area (Å²) in [6.07, 6.45) is 5.38. The molecule has 0 bridgehead atoms. The van der Waals surface area contributed by atoms with Gasteiger partial charge in [0.2, 0.25) is 5.88 Å². The van der Waals surface area contributed by atoms with Crippen molar-refractivity contribution in [2.75, 3.05) is 0 Å². The lowest BCUT2D eigenvalue weighted by atomic mass is 9.78. The number of carbonyl (C=O) groups is 1. The average molecular weight is 270 g/mol. The molecule has 2 N–H and O–H groups in total.